The fourth-order valence-electron chi connectivity index (χ4n) is 2.08. The molecule has 0 atom stereocenters. The van der Waals surface area contributed by atoms with Crippen LogP contribution in [0.4, 0.5) is 0 Å². The Kier molecular flexibility index (Phi) is 4.63. The molecule has 0 fully saturated rings. The summed E-state index contributed by atoms with van der Waals surface area (Å²) in [5.74, 6) is -0.198. The van der Waals surface area contributed by atoms with Crippen molar-refractivity contribution >= 4 is 17.5 Å². The maximum Gasteiger partial charge on any atom is 0.254 e. The maximum absolute atomic E-state index is 12.2. The summed E-state index contributed by atoms with van der Waals surface area (Å²) < 4.78 is 0. The molecule has 0 saturated heterocycles. The fourth-order valence-corrected chi connectivity index (χ4v) is 2.37. The third kappa shape index (κ3) is 3.82. The highest BCUT2D eigenvalue weighted by Crippen LogP contribution is 2.22. The van der Waals surface area contributed by atoms with Crippen LogP contribution in [-0.2, 0) is 5.41 Å². The Hall–Kier alpha value is -1.87. The van der Waals surface area contributed by atoms with E-state index in [9.17, 15) is 4.79 Å². The zero-order chi connectivity index (χ0) is 15.5. The highest BCUT2D eigenvalue weighted by atomic mass is 35.5. The van der Waals surface area contributed by atoms with Crippen LogP contribution in [0.25, 0.3) is 0 Å². The number of hydrogen-bond donors (Lipinski definition) is 1. The quantitative estimate of drug-likeness (QED) is 0.934. The smallest absolute Gasteiger partial charge is 0.254 e. The molecule has 2 aromatic rings. The molecule has 0 unspecified atom stereocenters. The third-order valence-electron chi connectivity index (χ3n) is 3.48. The maximum atomic E-state index is 12.2. The highest BCUT2D eigenvalue weighted by molar-refractivity contribution is 6.33. The molecule has 1 aromatic heterocycles. The Bertz CT molecular complexity index is 638. The van der Waals surface area contributed by atoms with Crippen molar-refractivity contribution in [2.45, 2.75) is 26.2 Å². The number of aryl methyl sites for hydroxylation is 1. The lowest BCUT2D eigenvalue weighted by Crippen LogP contribution is -2.36. The molecule has 1 aromatic carbocycles. The van der Waals surface area contributed by atoms with E-state index >= 15 is 0 Å². The number of pyridine rings is 1. The van der Waals surface area contributed by atoms with Crippen LogP contribution < -0.4 is 5.32 Å². The van der Waals surface area contributed by atoms with Gasteiger partial charge in [-0.3, -0.25) is 9.78 Å². The minimum absolute atomic E-state index is 0.151. The second-order valence-electron chi connectivity index (χ2n) is 5.74. The summed E-state index contributed by atoms with van der Waals surface area (Å²) >= 11 is 6.09. The molecule has 21 heavy (non-hydrogen) atoms. The molecular formula is C17H19ClN2O. The van der Waals surface area contributed by atoms with Gasteiger partial charge in [0.2, 0.25) is 0 Å². The van der Waals surface area contributed by atoms with E-state index in [0.29, 0.717) is 17.1 Å². The molecular weight excluding hydrogens is 284 g/mol. The lowest BCUT2D eigenvalue weighted by Gasteiger charge is -2.25. The van der Waals surface area contributed by atoms with Gasteiger partial charge in [0.1, 0.15) is 0 Å². The van der Waals surface area contributed by atoms with Gasteiger partial charge >= 0.3 is 0 Å². The topological polar surface area (TPSA) is 42.0 Å². The van der Waals surface area contributed by atoms with Crippen LogP contribution in [0.1, 0.15) is 35.5 Å². The number of amides is 1. The molecule has 0 aliphatic rings. The summed E-state index contributed by atoms with van der Waals surface area (Å²) in [5.41, 5.74) is 2.23. The predicted octanol–water partition coefficient (Wildman–Crippen LogP) is 3.75. The van der Waals surface area contributed by atoms with Gasteiger partial charge in [-0.05, 0) is 18.6 Å². The number of nitrogens with one attached hydrogen (secondary N) is 1. The zero-order valence-electron chi connectivity index (χ0n) is 12.5. The van der Waals surface area contributed by atoms with Crippen molar-refractivity contribution in [1.82, 2.24) is 10.3 Å². The van der Waals surface area contributed by atoms with Gasteiger partial charge < -0.3 is 5.32 Å². The number of halogens is 1. The van der Waals surface area contributed by atoms with Gasteiger partial charge in [0.15, 0.2) is 0 Å². The second kappa shape index (κ2) is 6.27. The van der Waals surface area contributed by atoms with Crippen molar-refractivity contribution in [2.75, 3.05) is 6.54 Å². The normalized spacial score (nSPS) is 11.2. The first-order valence-electron chi connectivity index (χ1n) is 6.86. The molecule has 0 saturated carbocycles. The molecule has 110 valence electrons. The first-order chi connectivity index (χ1) is 9.90. The average Bonchev–Trinajstić information content (AvgIpc) is 2.46. The molecule has 4 heteroatoms. The van der Waals surface area contributed by atoms with Crippen molar-refractivity contribution in [2.24, 2.45) is 0 Å². The standard InChI is InChI=1S/C17H19ClN2O/c1-12-9-15(18)14(10-19-12)16(21)20-11-17(2,3)13-7-5-4-6-8-13/h4-10H,11H2,1-3H3,(H,20,21). The fraction of sp³-hybridized carbons (Fsp3) is 0.294. The molecule has 0 radical (unpaired) electrons. The molecule has 1 N–H and O–H groups in total. The number of hydrogen-bond acceptors (Lipinski definition) is 2. The van der Waals surface area contributed by atoms with Crippen LogP contribution in [0, 0.1) is 6.92 Å². The van der Waals surface area contributed by atoms with E-state index in [4.69, 9.17) is 11.6 Å². The van der Waals surface area contributed by atoms with E-state index in [2.05, 4.69) is 36.3 Å². The summed E-state index contributed by atoms with van der Waals surface area (Å²) in [7, 11) is 0. The molecule has 2 rings (SSSR count). The summed E-state index contributed by atoms with van der Waals surface area (Å²) in [5, 5.41) is 3.36. The molecule has 0 spiro atoms. The summed E-state index contributed by atoms with van der Waals surface area (Å²) in [6.07, 6.45) is 1.52. The minimum Gasteiger partial charge on any atom is -0.351 e. The van der Waals surface area contributed by atoms with E-state index < -0.39 is 0 Å². The lowest BCUT2D eigenvalue weighted by molar-refractivity contribution is 0.0945. The zero-order valence-corrected chi connectivity index (χ0v) is 13.2. The second-order valence-corrected chi connectivity index (χ2v) is 6.15. The van der Waals surface area contributed by atoms with Gasteiger partial charge in [0.25, 0.3) is 5.91 Å². The number of carbonyl (C=O) groups is 1. The van der Waals surface area contributed by atoms with Gasteiger partial charge in [0.05, 0.1) is 10.6 Å². The van der Waals surface area contributed by atoms with E-state index in [0.717, 1.165) is 5.69 Å². The van der Waals surface area contributed by atoms with Gasteiger partial charge in [-0.2, -0.15) is 0 Å². The Labute approximate surface area is 130 Å². The van der Waals surface area contributed by atoms with Gasteiger partial charge in [-0.25, -0.2) is 0 Å². The van der Waals surface area contributed by atoms with Crippen LogP contribution in [0.5, 0.6) is 0 Å². The van der Waals surface area contributed by atoms with Crippen LogP contribution in [0.3, 0.4) is 0 Å². The summed E-state index contributed by atoms with van der Waals surface area (Å²) in [6, 6.07) is 11.8. The van der Waals surface area contributed by atoms with Crippen LogP contribution >= 0.6 is 11.6 Å². The van der Waals surface area contributed by atoms with Gasteiger partial charge in [-0.15, -0.1) is 0 Å². The summed E-state index contributed by atoms with van der Waals surface area (Å²) in [4.78, 5) is 16.3. The molecule has 3 nitrogen and oxygen atoms in total. The van der Waals surface area contributed by atoms with Gasteiger partial charge in [-0.1, -0.05) is 55.8 Å². The minimum atomic E-state index is -0.198. The third-order valence-corrected chi connectivity index (χ3v) is 3.79. The number of benzene rings is 1. The molecule has 0 aliphatic heterocycles. The Morgan fingerprint density at radius 3 is 2.57 bits per heavy atom. The van der Waals surface area contributed by atoms with Crippen molar-refractivity contribution < 1.29 is 4.79 Å². The SMILES string of the molecule is Cc1cc(Cl)c(C(=O)NCC(C)(C)c2ccccc2)cn1. The number of nitrogens with zero attached hydrogens (tertiary/aromatic N) is 1. The first kappa shape index (κ1) is 15.5. The van der Waals surface area contributed by atoms with Crippen LogP contribution in [-0.4, -0.2) is 17.4 Å². The molecule has 0 bridgehead atoms. The van der Waals surface area contributed by atoms with Gasteiger partial charge in [0, 0.05) is 23.9 Å². The number of rotatable bonds is 4. The Morgan fingerprint density at radius 1 is 1.29 bits per heavy atom. The molecule has 0 aliphatic carbocycles. The number of aromatic nitrogens is 1. The van der Waals surface area contributed by atoms with Crippen LogP contribution in [0.15, 0.2) is 42.6 Å². The van der Waals surface area contributed by atoms with Crippen molar-refractivity contribution in [3.05, 3.63) is 64.4 Å². The average molecular weight is 303 g/mol. The van der Waals surface area contributed by atoms with Crippen molar-refractivity contribution in [3.8, 4) is 0 Å². The first-order valence-corrected chi connectivity index (χ1v) is 7.24. The van der Waals surface area contributed by atoms with Crippen molar-refractivity contribution in [3.63, 3.8) is 0 Å². The monoisotopic (exact) mass is 302 g/mol. The Balaban J connectivity index is 2.07. The summed E-state index contributed by atoms with van der Waals surface area (Å²) in [6.45, 7) is 6.56. The van der Waals surface area contributed by atoms with E-state index in [-0.39, 0.29) is 11.3 Å². The number of carbonyl (C=O) groups excluding carboxylic acids is 1. The Morgan fingerprint density at radius 2 is 1.95 bits per heavy atom. The van der Waals surface area contributed by atoms with E-state index in [1.54, 1.807) is 6.07 Å². The molecule has 1 amide bonds. The largest absolute Gasteiger partial charge is 0.351 e. The molecule has 1 heterocycles. The van der Waals surface area contributed by atoms with E-state index in [1.165, 1.54) is 11.8 Å². The predicted molar refractivity (Wildman–Crippen MR) is 85.8 cm³/mol. The lowest BCUT2D eigenvalue weighted by atomic mass is 9.84. The van der Waals surface area contributed by atoms with Crippen LogP contribution in [0.2, 0.25) is 5.02 Å². The van der Waals surface area contributed by atoms with E-state index in [1.807, 2.05) is 25.1 Å². The highest BCUT2D eigenvalue weighted by Gasteiger charge is 2.22. The van der Waals surface area contributed by atoms with Crippen molar-refractivity contribution in [1.29, 1.82) is 0 Å².